The molecule has 0 aliphatic heterocycles. The minimum absolute atomic E-state index is 0.276. The number of hydrogen-bond acceptors (Lipinski definition) is 9. The van der Waals surface area contributed by atoms with Crippen molar-refractivity contribution in [1.29, 1.82) is 0 Å². The van der Waals surface area contributed by atoms with E-state index in [-0.39, 0.29) is 11.5 Å². The van der Waals surface area contributed by atoms with Crippen LogP contribution in [0.5, 0.6) is 5.75 Å². The first-order valence-electron chi connectivity index (χ1n) is 9.37. The normalized spacial score (nSPS) is 12.1. The number of ether oxygens (including phenoxy) is 1. The fourth-order valence-corrected chi connectivity index (χ4v) is 4.40. The van der Waals surface area contributed by atoms with E-state index in [1.54, 1.807) is 26.0 Å². The Bertz CT molecular complexity index is 1300. The standard InChI is InChI=1S/C20H19N5O4S2/c1-11-5-4-6-15(7-11)28-13(3)18(27)22-19-23-24-20(31-19)30-10-14-9-17(26)25-16(21-14)8-12(2)29-25/h4-9,13H,10H2,1-3H3,(H,22,23,27)/t13-/m0/s1. The van der Waals surface area contributed by atoms with E-state index < -0.39 is 6.10 Å². The maximum Gasteiger partial charge on any atom is 0.287 e. The van der Waals surface area contributed by atoms with E-state index in [1.807, 2.05) is 25.1 Å². The fraction of sp³-hybridized carbons (Fsp3) is 0.250. The average molecular weight is 458 g/mol. The summed E-state index contributed by atoms with van der Waals surface area (Å²) in [7, 11) is 0. The van der Waals surface area contributed by atoms with E-state index in [1.165, 1.54) is 29.2 Å². The first-order valence-corrected chi connectivity index (χ1v) is 11.2. The minimum atomic E-state index is -0.691. The van der Waals surface area contributed by atoms with Crippen LogP contribution in [0.25, 0.3) is 5.65 Å². The average Bonchev–Trinajstić information content (AvgIpc) is 3.32. The molecule has 3 heterocycles. The summed E-state index contributed by atoms with van der Waals surface area (Å²) in [5, 5.41) is 11.2. The number of rotatable bonds is 7. The van der Waals surface area contributed by atoms with Crippen molar-refractivity contribution in [3.63, 3.8) is 0 Å². The first-order chi connectivity index (χ1) is 14.9. The molecule has 0 aliphatic carbocycles. The molecule has 9 nitrogen and oxygen atoms in total. The van der Waals surface area contributed by atoms with Crippen LogP contribution in [-0.2, 0) is 10.5 Å². The van der Waals surface area contributed by atoms with Gasteiger partial charge in [0.25, 0.3) is 11.5 Å². The number of aryl methyl sites for hydroxylation is 2. The summed E-state index contributed by atoms with van der Waals surface area (Å²) >= 11 is 2.62. The molecular weight excluding hydrogens is 438 g/mol. The molecule has 0 saturated carbocycles. The van der Waals surface area contributed by atoms with E-state index in [9.17, 15) is 9.59 Å². The van der Waals surface area contributed by atoms with Crippen LogP contribution < -0.4 is 15.6 Å². The minimum Gasteiger partial charge on any atom is -0.481 e. The highest BCUT2D eigenvalue weighted by molar-refractivity contribution is 8.00. The molecule has 0 unspecified atom stereocenters. The molecule has 4 rings (SSSR count). The van der Waals surface area contributed by atoms with Crippen LogP contribution >= 0.6 is 23.1 Å². The van der Waals surface area contributed by atoms with Gasteiger partial charge in [-0.2, -0.15) is 0 Å². The third kappa shape index (κ3) is 5.12. The van der Waals surface area contributed by atoms with E-state index in [0.717, 1.165) is 10.1 Å². The molecule has 0 aliphatic rings. The number of fused-ring (bicyclic) bond motifs is 1. The number of thioether (sulfide) groups is 1. The van der Waals surface area contributed by atoms with Crippen molar-refractivity contribution >= 4 is 39.8 Å². The van der Waals surface area contributed by atoms with Gasteiger partial charge in [-0.05, 0) is 38.5 Å². The zero-order valence-corrected chi connectivity index (χ0v) is 18.6. The lowest BCUT2D eigenvalue weighted by Crippen LogP contribution is -2.30. The molecule has 1 amide bonds. The lowest BCUT2D eigenvalue weighted by molar-refractivity contribution is -0.122. The molecule has 1 atom stereocenters. The zero-order chi connectivity index (χ0) is 22.0. The Labute approximate surface area is 185 Å². The molecule has 1 N–H and O–H groups in total. The summed E-state index contributed by atoms with van der Waals surface area (Å²) in [5.74, 6) is 1.36. The maximum absolute atomic E-state index is 12.4. The van der Waals surface area contributed by atoms with Gasteiger partial charge in [0.2, 0.25) is 5.13 Å². The summed E-state index contributed by atoms with van der Waals surface area (Å²) < 4.78 is 12.8. The maximum atomic E-state index is 12.4. The van der Waals surface area contributed by atoms with Crippen molar-refractivity contribution in [2.45, 2.75) is 37.0 Å². The number of carbonyl (C=O) groups is 1. The van der Waals surface area contributed by atoms with E-state index >= 15 is 0 Å². The molecule has 0 spiro atoms. The van der Waals surface area contributed by atoms with Gasteiger partial charge < -0.3 is 9.26 Å². The van der Waals surface area contributed by atoms with Crippen LogP contribution in [0.1, 0.15) is 23.9 Å². The molecule has 11 heteroatoms. The van der Waals surface area contributed by atoms with Gasteiger partial charge in [0.1, 0.15) is 11.5 Å². The predicted octanol–water partition coefficient (Wildman–Crippen LogP) is 3.45. The number of benzene rings is 1. The van der Waals surface area contributed by atoms with Gasteiger partial charge >= 0.3 is 0 Å². The van der Waals surface area contributed by atoms with Crippen molar-refractivity contribution in [3.05, 3.63) is 63.8 Å². The summed E-state index contributed by atoms with van der Waals surface area (Å²) in [6.07, 6.45) is -0.691. The van der Waals surface area contributed by atoms with Gasteiger partial charge in [-0.1, -0.05) is 35.2 Å². The molecule has 3 aromatic heterocycles. The molecule has 4 aromatic rings. The lowest BCUT2D eigenvalue weighted by atomic mass is 10.2. The molecule has 0 bridgehead atoms. The van der Waals surface area contributed by atoms with Crippen molar-refractivity contribution in [3.8, 4) is 5.75 Å². The van der Waals surface area contributed by atoms with Crippen LogP contribution in [0, 0.1) is 13.8 Å². The summed E-state index contributed by atoms with van der Waals surface area (Å²) in [6.45, 7) is 5.39. The van der Waals surface area contributed by atoms with Gasteiger partial charge in [0.05, 0.1) is 5.69 Å². The number of carbonyl (C=O) groups excluding carboxylic acids is 1. The van der Waals surface area contributed by atoms with Crippen molar-refractivity contribution in [2.24, 2.45) is 0 Å². The van der Waals surface area contributed by atoms with E-state index in [0.29, 0.717) is 38.1 Å². The number of aromatic nitrogens is 4. The second kappa shape index (κ2) is 8.90. The Morgan fingerprint density at radius 3 is 2.94 bits per heavy atom. The third-order valence-corrected chi connectivity index (χ3v) is 6.18. The number of amides is 1. The Hall–Kier alpha value is -3.18. The fourth-order valence-electron chi connectivity index (χ4n) is 2.76. The smallest absolute Gasteiger partial charge is 0.287 e. The van der Waals surface area contributed by atoms with Gasteiger partial charge in [-0.15, -0.1) is 14.8 Å². The molecular formula is C20H19N5O4S2. The highest BCUT2D eigenvalue weighted by atomic mass is 32.2. The van der Waals surface area contributed by atoms with Crippen molar-refractivity contribution < 1.29 is 14.1 Å². The lowest BCUT2D eigenvalue weighted by Gasteiger charge is -2.13. The van der Waals surface area contributed by atoms with Crippen LogP contribution in [-0.4, -0.2) is 31.8 Å². The van der Waals surface area contributed by atoms with E-state index in [2.05, 4.69) is 20.5 Å². The molecule has 1 aromatic carbocycles. The number of hydrogen-bond donors (Lipinski definition) is 1. The molecule has 160 valence electrons. The Kier molecular flexibility index (Phi) is 6.05. The Morgan fingerprint density at radius 1 is 1.29 bits per heavy atom. The largest absolute Gasteiger partial charge is 0.481 e. The van der Waals surface area contributed by atoms with Crippen LogP contribution in [0.3, 0.4) is 0 Å². The quantitative estimate of drug-likeness (QED) is 0.332. The first kappa shape index (κ1) is 21.1. The third-order valence-electron chi connectivity index (χ3n) is 4.18. The van der Waals surface area contributed by atoms with Gasteiger partial charge in [0, 0.05) is 17.9 Å². The van der Waals surface area contributed by atoms with Crippen molar-refractivity contribution in [1.82, 2.24) is 19.8 Å². The Balaban J connectivity index is 1.35. The number of anilines is 1. The number of nitrogens with zero attached hydrogens (tertiary/aromatic N) is 4. The monoisotopic (exact) mass is 457 g/mol. The van der Waals surface area contributed by atoms with Crippen molar-refractivity contribution in [2.75, 3.05) is 5.32 Å². The zero-order valence-electron chi connectivity index (χ0n) is 17.0. The molecule has 0 radical (unpaired) electrons. The second-order valence-corrected chi connectivity index (χ2v) is 9.01. The Morgan fingerprint density at radius 2 is 2.13 bits per heavy atom. The summed E-state index contributed by atoms with van der Waals surface area (Å²) in [5.41, 5.74) is 1.85. The van der Waals surface area contributed by atoms with Crippen LogP contribution in [0.15, 0.2) is 50.1 Å². The van der Waals surface area contributed by atoms with E-state index in [4.69, 9.17) is 9.26 Å². The molecule has 0 saturated heterocycles. The highest BCUT2D eigenvalue weighted by Gasteiger charge is 2.17. The highest BCUT2D eigenvalue weighted by Crippen LogP contribution is 2.28. The van der Waals surface area contributed by atoms with Gasteiger partial charge in [-0.3, -0.25) is 14.9 Å². The SMILES string of the molecule is Cc1cccc(O[C@@H](C)C(=O)Nc2nnc(SCc3cc(=O)n4oc(C)cc4n3)s2)c1. The number of nitrogens with one attached hydrogen (secondary N) is 1. The summed E-state index contributed by atoms with van der Waals surface area (Å²) in [6, 6.07) is 10.6. The predicted molar refractivity (Wildman–Crippen MR) is 118 cm³/mol. The molecule has 0 fully saturated rings. The second-order valence-electron chi connectivity index (χ2n) is 6.81. The topological polar surface area (TPSA) is 112 Å². The van der Waals surface area contributed by atoms with Gasteiger partial charge in [-0.25, -0.2) is 4.98 Å². The van der Waals surface area contributed by atoms with Crippen LogP contribution in [0.2, 0.25) is 0 Å². The molecule has 31 heavy (non-hydrogen) atoms. The summed E-state index contributed by atoms with van der Waals surface area (Å²) in [4.78, 5) is 28.9. The van der Waals surface area contributed by atoms with Crippen LogP contribution in [0.4, 0.5) is 5.13 Å². The van der Waals surface area contributed by atoms with Gasteiger partial charge in [0.15, 0.2) is 16.1 Å².